The van der Waals surface area contributed by atoms with Crippen molar-refractivity contribution in [3.05, 3.63) is 70.8 Å². The highest BCUT2D eigenvalue weighted by molar-refractivity contribution is 7.99. The fourth-order valence-corrected chi connectivity index (χ4v) is 15.2. The maximum absolute atomic E-state index is 14.9. The van der Waals surface area contributed by atoms with Gasteiger partial charge in [0.05, 0.1) is 25.7 Å². The fourth-order valence-electron chi connectivity index (χ4n) is 12.4. The third-order valence-corrected chi connectivity index (χ3v) is 21.0. The molecular weight excluding hydrogens is 1370 g/mol. The zero-order valence-corrected chi connectivity index (χ0v) is 60.0. The Morgan fingerprint density at radius 1 is 0.614 bits per heavy atom. The average molecular weight is 1470 g/mol. The molecule has 4 aliphatic heterocycles. The molecule has 0 radical (unpaired) electrons. The predicted molar refractivity (Wildman–Crippen MR) is 378 cm³/mol. The van der Waals surface area contributed by atoms with Gasteiger partial charge in [0.2, 0.25) is 53.2 Å². The number of β-amino-alcohol motifs (C(OH)–C–C–N with tert-alkyl or cyclic N) is 2. The van der Waals surface area contributed by atoms with Crippen LogP contribution in [0.3, 0.4) is 0 Å². The predicted octanol–water partition coefficient (Wildman–Crippen LogP) is -1.82. The van der Waals surface area contributed by atoms with Gasteiger partial charge in [0.25, 0.3) is 0 Å². The molecule has 101 heavy (non-hydrogen) atoms. The molecule has 0 unspecified atom stereocenters. The lowest BCUT2D eigenvalue weighted by Gasteiger charge is -2.33. The monoisotopic (exact) mass is 1470 g/mol. The number of nitrogens with two attached hydrogens (primary N) is 1. The smallest absolute Gasteiger partial charge is 0.317 e. The number of aliphatic carboxylic acids is 3. The number of carbonyl (C=O) groups excluding carboxylic acids is 9. The number of thioether (sulfide) groups is 3. The fraction of sp³-hybridized carbons (Fsp3) is 0.642. The summed E-state index contributed by atoms with van der Waals surface area (Å²) in [6.45, 7) is 5.24. The Balaban J connectivity index is 1.26. The molecule has 0 saturated carbocycles. The second-order valence-corrected chi connectivity index (χ2v) is 29.0. The molecule has 8 atom stereocenters. The summed E-state index contributed by atoms with van der Waals surface area (Å²) in [7, 11) is 0. The van der Waals surface area contributed by atoms with E-state index in [9.17, 15) is 88.2 Å². The molecule has 3 saturated heterocycles. The number of nitrogens with zero attached hydrogens (tertiary/aromatic N) is 6. The summed E-state index contributed by atoms with van der Waals surface area (Å²) in [4.78, 5) is 173. The summed E-state index contributed by atoms with van der Waals surface area (Å²) in [5.41, 5.74) is 9.05. The number of rotatable bonds is 25. The Morgan fingerprint density at radius 2 is 1.18 bits per heavy atom. The van der Waals surface area contributed by atoms with Crippen LogP contribution in [0.25, 0.3) is 0 Å². The van der Waals surface area contributed by atoms with Gasteiger partial charge in [-0.25, -0.2) is 0 Å². The van der Waals surface area contributed by atoms with Crippen molar-refractivity contribution in [1.82, 2.24) is 61.3 Å². The van der Waals surface area contributed by atoms with Gasteiger partial charge in [-0.1, -0.05) is 68.3 Å². The third-order valence-electron chi connectivity index (χ3n) is 17.7. The lowest BCUT2D eigenvalue weighted by Crippen LogP contribution is -2.61. The highest BCUT2D eigenvalue weighted by Gasteiger charge is 2.45. The minimum Gasteiger partial charge on any atom is -0.481 e. The van der Waals surface area contributed by atoms with Crippen LogP contribution in [0.4, 0.5) is 0 Å². The van der Waals surface area contributed by atoms with Gasteiger partial charge in [-0.3, -0.25) is 77.1 Å². The summed E-state index contributed by atoms with van der Waals surface area (Å²) in [6.07, 6.45) is -0.889. The molecule has 0 aromatic heterocycles. The number of carboxylic acids is 3. The lowest BCUT2D eigenvalue weighted by atomic mass is 10.0. The van der Waals surface area contributed by atoms with E-state index in [1.807, 2.05) is 30.0 Å². The minimum absolute atomic E-state index is 0.0463. The average Bonchev–Trinajstić information content (AvgIpc) is 1.72. The number of fused-ring (bicyclic) bond motifs is 4. The van der Waals surface area contributed by atoms with Crippen LogP contribution in [0.15, 0.2) is 48.5 Å². The van der Waals surface area contributed by atoms with E-state index in [1.54, 1.807) is 45.0 Å². The topological polar surface area (TPSA) is 444 Å². The van der Waals surface area contributed by atoms with E-state index in [0.29, 0.717) is 55.2 Å². The molecule has 4 heterocycles. The quantitative estimate of drug-likeness (QED) is 0.0384. The van der Waals surface area contributed by atoms with Crippen molar-refractivity contribution < 1.29 is 88.2 Å². The Morgan fingerprint density at radius 3 is 1.75 bits per heavy atom. The van der Waals surface area contributed by atoms with E-state index >= 15 is 0 Å². The van der Waals surface area contributed by atoms with Gasteiger partial charge in [0.1, 0.15) is 42.3 Å². The van der Waals surface area contributed by atoms with Crippen LogP contribution < -0.4 is 37.6 Å². The molecule has 14 N–H and O–H groups in total. The second-order valence-electron chi connectivity index (χ2n) is 25.9. The zero-order chi connectivity index (χ0) is 73.5. The molecule has 0 aliphatic carbocycles. The number of carbonyl (C=O) groups is 12. The first-order valence-electron chi connectivity index (χ1n) is 34.4. The summed E-state index contributed by atoms with van der Waals surface area (Å²) in [6, 6.07) is 5.18. The number of carboxylic acid groups (broad SMARTS) is 3. The van der Waals surface area contributed by atoms with E-state index < -0.39 is 127 Å². The van der Waals surface area contributed by atoms with Crippen molar-refractivity contribution in [2.24, 2.45) is 5.73 Å². The van der Waals surface area contributed by atoms with Crippen LogP contribution in [0, 0.1) is 0 Å². The molecular formula is C67H101N13O18S3. The number of aliphatic hydroxyl groups is 3. The van der Waals surface area contributed by atoms with E-state index in [2.05, 4.69) is 31.9 Å². The molecule has 9 amide bonds. The Kier molecular flexibility index (Phi) is 35.3. The molecule has 2 aromatic rings. The molecule has 2 bridgehead atoms. The molecule has 560 valence electrons. The van der Waals surface area contributed by atoms with Gasteiger partial charge in [0, 0.05) is 132 Å². The lowest BCUT2D eigenvalue weighted by molar-refractivity contribution is -0.148. The van der Waals surface area contributed by atoms with Crippen molar-refractivity contribution in [2.45, 2.75) is 156 Å². The molecule has 0 spiro atoms. The first kappa shape index (κ1) is 82.8. The van der Waals surface area contributed by atoms with Crippen LogP contribution in [0.1, 0.15) is 100 Å². The van der Waals surface area contributed by atoms with Crippen LogP contribution in [0.2, 0.25) is 0 Å². The number of aliphatic hydroxyl groups excluding tert-OH is 2. The number of benzene rings is 2. The van der Waals surface area contributed by atoms with E-state index in [4.69, 9.17) is 5.73 Å². The summed E-state index contributed by atoms with van der Waals surface area (Å²) in [5.74, 6) is -8.06. The molecule has 4 aliphatic rings. The number of hydrogen-bond acceptors (Lipinski definition) is 22. The summed E-state index contributed by atoms with van der Waals surface area (Å²) >= 11 is 4.19. The zero-order valence-electron chi connectivity index (χ0n) is 57.5. The SMILES string of the molecule is CCCCCC(=O)N[C@H]1CSCc2cc(CSCCNC(=O)CN3CCN(CC(=O)O)CCN(CC(=O)O)CCN(CC(O)O)CC3)cc(c2)CSC[C@@H](C(N)=O)NC(=O)[C@H](Cc2ccccc2)NC(=O)[C@H](CCC(=O)O)NC(=O)[C@H]([C@@H](C)O)NC(=O)[C@@H]2CCCN2C(=O)[C@@H]2CCCN2C1=O. The van der Waals surface area contributed by atoms with Gasteiger partial charge in [-0.2, -0.15) is 35.3 Å². The molecule has 2 aromatic carbocycles. The minimum atomic E-state index is -1.73. The molecule has 3 fully saturated rings. The second kappa shape index (κ2) is 43.1. The van der Waals surface area contributed by atoms with E-state index in [1.165, 1.54) is 52.0 Å². The third kappa shape index (κ3) is 28.9. The number of amides is 9. The Hall–Kier alpha value is -7.15. The maximum atomic E-state index is 14.9. The maximum Gasteiger partial charge on any atom is 0.317 e. The number of hydrogen-bond donors (Lipinski definition) is 13. The normalized spacial score (nSPS) is 23.5. The molecule has 34 heteroatoms. The number of primary amides is 1. The summed E-state index contributed by atoms with van der Waals surface area (Å²) in [5, 5.41) is 75.9. The van der Waals surface area contributed by atoms with E-state index in [-0.39, 0.29) is 140 Å². The standard InChI is InChI=1S/C67H101N13O18S3/c1-3-4-6-15-54(82)70-51-42-101-40-47-31-45(38-99-29-18-69-55(83)34-75-21-23-76(35-57(86)87)25-27-78(37-59(90)91)28-26-77(24-22-75)36-58(88)89)30-46(32-47)39-100-41-50(61(68)92)73-63(94)49(33-44-11-7-5-8-12-44)72-62(93)48(16-17-56(84)85)71-65(96)60(43(2)81)74-64(95)52-13-9-19-79(52)67(98)53-14-10-20-80(53)66(51)97/h5,7-8,11-12,30-32,43,48-53,57,60,81,86-87H,3-4,6,9-10,13-29,33-42H2,1-2H3,(H2,68,92)(H,69,83)(H,70,82)(H,71,96)(H,72,93)(H,73,94)(H,74,95)(H,84,85)(H,88,89)(H,90,91)/t43-,48+,49+,50+,51+,52+,53+,60+/m1/s1. The van der Waals surface area contributed by atoms with Crippen LogP contribution in [0.5, 0.6) is 0 Å². The van der Waals surface area contributed by atoms with Crippen molar-refractivity contribution in [3.63, 3.8) is 0 Å². The highest BCUT2D eigenvalue weighted by atomic mass is 32.2. The van der Waals surface area contributed by atoms with Crippen molar-refractivity contribution in [2.75, 3.05) is 115 Å². The van der Waals surface area contributed by atoms with Crippen LogP contribution in [-0.4, -0.2) is 301 Å². The first-order valence-corrected chi connectivity index (χ1v) is 37.9. The number of nitrogens with one attached hydrogen (secondary N) is 6. The van der Waals surface area contributed by atoms with Gasteiger partial charge in [0.15, 0.2) is 6.29 Å². The van der Waals surface area contributed by atoms with Gasteiger partial charge >= 0.3 is 17.9 Å². The first-order chi connectivity index (χ1) is 48.3. The Labute approximate surface area is 601 Å². The van der Waals surface area contributed by atoms with Gasteiger partial charge in [-0.15, -0.1) is 0 Å². The van der Waals surface area contributed by atoms with Crippen LogP contribution in [-0.2, 0) is 81.2 Å². The molecule has 6 rings (SSSR count). The van der Waals surface area contributed by atoms with Crippen molar-refractivity contribution >= 4 is 106 Å². The van der Waals surface area contributed by atoms with Gasteiger partial charge < -0.3 is 78.1 Å². The van der Waals surface area contributed by atoms with Crippen LogP contribution >= 0.6 is 35.3 Å². The largest absolute Gasteiger partial charge is 0.481 e. The summed E-state index contributed by atoms with van der Waals surface area (Å²) < 4.78 is 0. The van der Waals surface area contributed by atoms with Crippen molar-refractivity contribution in [1.29, 1.82) is 0 Å². The highest BCUT2D eigenvalue weighted by Crippen LogP contribution is 2.28. The Bertz CT molecular complexity index is 3120. The molecule has 31 nitrogen and oxygen atoms in total. The van der Waals surface area contributed by atoms with E-state index in [0.717, 1.165) is 29.5 Å². The number of unbranched alkanes of at least 4 members (excludes halogenated alkanes) is 2. The van der Waals surface area contributed by atoms with Crippen molar-refractivity contribution in [3.8, 4) is 0 Å². The van der Waals surface area contributed by atoms with Gasteiger partial charge in [-0.05, 0) is 67.7 Å².